The van der Waals surface area contributed by atoms with Crippen LogP contribution < -0.4 is 14.8 Å². The molecule has 0 saturated heterocycles. The number of sulfonamides is 1. The van der Waals surface area contributed by atoms with Crippen molar-refractivity contribution in [1.82, 2.24) is 14.6 Å². The van der Waals surface area contributed by atoms with Gasteiger partial charge in [-0.05, 0) is 37.6 Å². The number of ether oxygens (including phenoxy) is 2. The van der Waals surface area contributed by atoms with Crippen molar-refractivity contribution in [3.63, 3.8) is 0 Å². The van der Waals surface area contributed by atoms with Crippen molar-refractivity contribution in [2.75, 3.05) is 21.2 Å². The van der Waals surface area contributed by atoms with E-state index < -0.39 is 15.9 Å². The average molecular weight is 407 g/mol. The normalized spacial score (nSPS) is 11.5. The van der Waals surface area contributed by atoms with E-state index in [-0.39, 0.29) is 28.9 Å². The molecule has 0 spiro atoms. The minimum absolute atomic E-state index is 0.0285. The number of amides is 1. The first-order valence-corrected chi connectivity index (χ1v) is 10.1. The van der Waals surface area contributed by atoms with E-state index in [2.05, 4.69) is 10.3 Å². The Morgan fingerprint density at radius 2 is 1.93 bits per heavy atom. The van der Waals surface area contributed by atoms with Crippen LogP contribution in [0.4, 0.5) is 0 Å². The van der Waals surface area contributed by atoms with Gasteiger partial charge in [0.05, 0.1) is 13.2 Å². The summed E-state index contributed by atoms with van der Waals surface area (Å²) in [6, 6.07) is 7.82. The van der Waals surface area contributed by atoms with Gasteiger partial charge in [0, 0.05) is 38.5 Å². The Morgan fingerprint density at radius 1 is 1.21 bits per heavy atom. The Labute approximate surface area is 165 Å². The molecule has 0 aliphatic heterocycles. The Bertz CT molecular complexity index is 925. The van der Waals surface area contributed by atoms with Crippen LogP contribution in [0.5, 0.6) is 11.6 Å². The molecule has 0 bridgehead atoms. The lowest BCUT2D eigenvalue weighted by Crippen LogP contribution is -2.25. The number of benzene rings is 1. The summed E-state index contributed by atoms with van der Waals surface area (Å²) < 4.78 is 36.6. The quantitative estimate of drug-likeness (QED) is 0.719. The number of carbonyl (C=O) groups excluding carboxylic acids is 1. The van der Waals surface area contributed by atoms with Crippen LogP contribution in [0, 0.1) is 0 Å². The fraction of sp³-hybridized carbons (Fsp3) is 0.368. The maximum absolute atomic E-state index is 12.5. The molecule has 1 N–H and O–H groups in total. The molecule has 2 aromatic rings. The van der Waals surface area contributed by atoms with Crippen molar-refractivity contribution in [3.05, 3.63) is 47.7 Å². The predicted molar refractivity (Wildman–Crippen MR) is 105 cm³/mol. The zero-order valence-corrected chi connectivity index (χ0v) is 17.4. The third-order valence-corrected chi connectivity index (χ3v) is 5.63. The van der Waals surface area contributed by atoms with Gasteiger partial charge < -0.3 is 14.8 Å². The summed E-state index contributed by atoms with van der Waals surface area (Å²) in [6.07, 6.45) is 1.65. The maximum atomic E-state index is 12.5. The molecule has 152 valence electrons. The molecule has 9 heteroatoms. The van der Waals surface area contributed by atoms with Crippen molar-refractivity contribution < 1.29 is 22.7 Å². The summed E-state index contributed by atoms with van der Waals surface area (Å²) in [5.74, 6) is 0.286. The second-order valence-electron chi connectivity index (χ2n) is 6.51. The number of nitrogens with zero attached hydrogens (tertiary/aromatic N) is 2. The van der Waals surface area contributed by atoms with Gasteiger partial charge in [0.25, 0.3) is 5.91 Å². The van der Waals surface area contributed by atoms with E-state index in [4.69, 9.17) is 9.47 Å². The summed E-state index contributed by atoms with van der Waals surface area (Å²) >= 11 is 0. The molecule has 1 aromatic heterocycles. The van der Waals surface area contributed by atoms with Gasteiger partial charge >= 0.3 is 0 Å². The SMILES string of the molecule is COc1ccc(C(=O)NCc2ccc(OC(C)C)nc2)cc1S(=O)(=O)N(C)C. The van der Waals surface area contributed by atoms with Gasteiger partial charge in [-0.3, -0.25) is 4.79 Å². The Hall–Kier alpha value is -2.65. The van der Waals surface area contributed by atoms with Crippen molar-refractivity contribution in [2.45, 2.75) is 31.4 Å². The molecule has 1 amide bonds. The highest BCUT2D eigenvalue weighted by atomic mass is 32.2. The fourth-order valence-corrected chi connectivity index (χ4v) is 3.40. The van der Waals surface area contributed by atoms with Gasteiger partial charge in [-0.25, -0.2) is 17.7 Å². The van der Waals surface area contributed by atoms with Gasteiger partial charge in [-0.2, -0.15) is 0 Å². The van der Waals surface area contributed by atoms with Crippen molar-refractivity contribution in [1.29, 1.82) is 0 Å². The lowest BCUT2D eigenvalue weighted by molar-refractivity contribution is 0.0950. The molecule has 1 aromatic carbocycles. The summed E-state index contributed by atoms with van der Waals surface area (Å²) in [7, 11) is 0.461. The van der Waals surface area contributed by atoms with E-state index in [9.17, 15) is 13.2 Å². The molecule has 0 saturated carbocycles. The third kappa shape index (κ3) is 5.20. The Morgan fingerprint density at radius 3 is 2.46 bits per heavy atom. The van der Waals surface area contributed by atoms with Crippen LogP contribution in [0.15, 0.2) is 41.4 Å². The molecule has 2 rings (SSSR count). The maximum Gasteiger partial charge on any atom is 0.251 e. The van der Waals surface area contributed by atoms with Crippen LogP contribution in [-0.4, -0.2) is 50.9 Å². The van der Waals surface area contributed by atoms with Crippen molar-refractivity contribution in [3.8, 4) is 11.6 Å². The van der Waals surface area contributed by atoms with Crippen LogP contribution in [-0.2, 0) is 16.6 Å². The monoisotopic (exact) mass is 407 g/mol. The first kappa shape index (κ1) is 21.6. The molecule has 0 radical (unpaired) electrons. The van der Waals surface area contributed by atoms with Crippen LogP contribution in [0.1, 0.15) is 29.8 Å². The zero-order valence-electron chi connectivity index (χ0n) is 16.6. The number of rotatable bonds is 8. The molecule has 8 nitrogen and oxygen atoms in total. The van der Waals surface area contributed by atoms with E-state index in [0.717, 1.165) is 9.87 Å². The number of nitrogens with one attached hydrogen (secondary N) is 1. The molecule has 0 fully saturated rings. The zero-order chi connectivity index (χ0) is 20.9. The molecule has 28 heavy (non-hydrogen) atoms. The summed E-state index contributed by atoms with van der Waals surface area (Å²) in [4.78, 5) is 16.6. The van der Waals surface area contributed by atoms with Gasteiger partial charge in [0.15, 0.2) is 0 Å². The Kier molecular flexibility index (Phi) is 6.98. The number of hydrogen-bond donors (Lipinski definition) is 1. The standard InChI is InChI=1S/C19H25N3O5S/c1-13(2)27-18-9-6-14(11-20-18)12-21-19(23)15-7-8-16(26-5)17(10-15)28(24,25)22(3)4/h6-11,13H,12H2,1-5H3,(H,21,23). The highest BCUT2D eigenvalue weighted by Crippen LogP contribution is 2.26. The summed E-state index contributed by atoms with van der Waals surface area (Å²) in [5, 5.41) is 2.75. The van der Waals surface area contributed by atoms with Crippen LogP contribution in [0.3, 0.4) is 0 Å². The number of carbonyl (C=O) groups is 1. The number of pyridine rings is 1. The molecule has 0 unspecified atom stereocenters. The third-order valence-electron chi connectivity index (χ3n) is 3.79. The number of aromatic nitrogens is 1. The molecular weight excluding hydrogens is 382 g/mol. The van der Waals surface area contributed by atoms with Crippen LogP contribution in [0.2, 0.25) is 0 Å². The first-order valence-electron chi connectivity index (χ1n) is 8.65. The largest absolute Gasteiger partial charge is 0.495 e. The molecule has 1 heterocycles. The topological polar surface area (TPSA) is 97.8 Å². The minimum Gasteiger partial charge on any atom is -0.495 e. The summed E-state index contributed by atoms with van der Waals surface area (Å²) in [6.45, 7) is 4.07. The van der Waals surface area contributed by atoms with E-state index in [1.807, 2.05) is 13.8 Å². The molecule has 0 aliphatic carbocycles. The molecule has 0 aliphatic rings. The van der Waals surface area contributed by atoms with E-state index in [1.165, 1.54) is 39.4 Å². The number of hydrogen-bond acceptors (Lipinski definition) is 6. The van der Waals surface area contributed by atoms with E-state index >= 15 is 0 Å². The molecular formula is C19H25N3O5S. The predicted octanol–water partition coefficient (Wildman–Crippen LogP) is 2.06. The second kappa shape index (κ2) is 9.03. The summed E-state index contributed by atoms with van der Waals surface area (Å²) in [5.41, 5.74) is 1.01. The van der Waals surface area contributed by atoms with E-state index in [1.54, 1.807) is 18.3 Å². The highest BCUT2D eigenvalue weighted by molar-refractivity contribution is 7.89. The van der Waals surface area contributed by atoms with Crippen LogP contribution >= 0.6 is 0 Å². The lowest BCUT2D eigenvalue weighted by atomic mass is 10.2. The number of methoxy groups -OCH3 is 1. The van der Waals surface area contributed by atoms with Crippen molar-refractivity contribution >= 4 is 15.9 Å². The minimum atomic E-state index is -3.75. The van der Waals surface area contributed by atoms with E-state index in [0.29, 0.717) is 5.88 Å². The fourth-order valence-electron chi connectivity index (χ4n) is 2.33. The second-order valence-corrected chi connectivity index (χ2v) is 8.63. The van der Waals surface area contributed by atoms with Gasteiger partial charge in [0.2, 0.25) is 15.9 Å². The van der Waals surface area contributed by atoms with Crippen LogP contribution in [0.25, 0.3) is 0 Å². The highest BCUT2D eigenvalue weighted by Gasteiger charge is 2.23. The van der Waals surface area contributed by atoms with Gasteiger partial charge in [0.1, 0.15) is 10.6 Å². The lowest BCUT2D eigenvalue weighted by Gasteiger charge is -2.15. The Balaban J connectivity index is 2.14. The first-order chi connectivity index (χ1) is 13.1. The van der Waals surface area contributed by atoms with Gasteiger partial charge in [-0.1, -0.05) is 6.07 Å². The molecule has 0 atom stereocenters. The smallest absolute Gasteiger partial charge is 0.251 e. The average Bonchev–Trinajstić information content (AvgIpc) is 2.66. The van der Waals surface area contributed by atoms with Gasteiger partial charge in [-0.15, -0.1) is 0 Å². The van der Waals surface area contributed by atoms with Crippen molar-refractivity contribution in [2.24, 2.45) is 0 Å².